The normalized spacial score (nSPS) is 24.1. The van der Waals surface area contributed by atoms with Gasteiger partial charge < -0.3 is 10.1 Å². The van der Waals surface area contributed by atoms with Crippen molar-refractivity contribution in [2.24, 2.45) is 0 Å². The molecule has 0 spiro atoms. The molecule has 0 aromatic heterocycles. The zero-order valence-electron chi connectivity index (χ0n) is 12.3. The number of hydrogen-bond donors (Lipinski definition) is 3. The first-order valence-electron chi connectivity index (χ1n) is 6.79. The molecule has 21 heavy (non-hydrogen) atoms. The highest BCUT2D eigenvalue weighted by molar-refractivity contribution is 5.92. The number of benzene rings is 1. The molecule has 1 aromatic rings. The van der Waals surface area contributed by atoms with Crippen LogP contribution in [0.2, 0.25) is 0 Å². The number of carbonyl (C=O) groups excluding carboxylic acids is 2. The van der Waals surface area contributed by atoms with Crippen LogP contribution in [0.1, 0.15) is 38.7 Å². The molecule has 0 bridgehead atoms. The number of nitrogens with one attached hydrogen (secondary N) is 2. The highest BCUT2D eigenvalue weighted by Crippen LogP contribution is 2.54. The Bertz CT molecular complexity index is 538. The number of carbonyl (C=O) groups is 2. The zero-order chi connectivity index (χ0) is 15.7. The Balaban J connectivity index is 2.15. The van der Waals surface area contributed by atoms with E-state index in [1.165, 1.54) is 0 Å². The van der Waals surface area contributed by atoms with Crippen molar-refractivity contribution in [1.29, 1.82) is 0 Å². The molecule has 2 amide bonds. The molecule has 0 heterocycles. The molecule has 0 unspecified atom stereocenters. The van der Waals surface area contributed by atoms with Crippen LogP contribution in [0.25, 0.3) is 0 Å². The number of rotatable bonds is 3. The largest absolute Gasteiger partial charge is 0.432 e. The fourth-order valence-corrected chi connectivity index (χ4v) is 2.32. The van der Waals surface area contributed by atoms with E-state index in [0.717, 1.165) is 5.56 Å². The van der Waals surface area contributed by atoms with E-state index in [1.54, 1.807) is 5.48 Å². The first-order chi connectivity index (χ1) is 9.78. The maximum atomic E-state index is 11.9. The van der Waals surface area contributed by atoms with Gasteiger partial charge >= 0.3 is 6.09 Å². The van der Waals surface area contributed by atoms with Crippen molar-refractivity contribution in [2.45, 2.75) is 44.2 Å². The SMILES string of the molecule is CC(C)(C)NC(=O)O[C@@]1(C(=O)NO)C[C@@H]1c1ccccc1. The fourth-order valence-electron chi connectivity index (χ4n) is 2.32. The second kappa shape index (κ2) is 5.37. The second-order valence-electron chi connectivity index (χ2n) is 6.26. The molecular weight excluding hydrogens is 272 g/mol. The van der Waals surface area contributed by atoms with Crippen LogP contribution in [0.15, 0.2) is 30.3 Å². The van der Waals surface area contributed by atoms with Crippen LogP contribution in [0, 0.1) is 0 Å². The molecule has 2 atom stereocenters. The third-order valence-electron chi connectivity index (χ3n) is 3.35. The molecule has 1 fully saturated rings. The average Bonchev–Trinajstić information content (AvgIpc) is 3.12. The minimum atomic E-state index is -1.34. The lowest BCUT2D eigenvalue weighted by Crippen LogP contribution is -2.46. The van der Waals surface area contributed by atoms with Crippen LogP contribution >= 0.6 is 0 Å². The summed E-state index contributed by atoms with van der Waals surface area (Å²) in [6, 6.07) is 9.30. The molecule has 0 saturated heterocycles. The van der Waals surface area contributed by atoms with Crippen LogP contribution < -0.4 is 10.8 Å². The van der Waals surface area contributed by atoms with Crippen molar-refractivity contribution in [3.63, 3.8) is 0 Å². The van der Waals surface area contributed by atoms with Gasteiger partial charge in [0.2, 0.25) is 5.60 Å². The number of ether oxygens (including phenoxy) is 1. The third kappa shape index (κ3) is 3.33. The smallest absolute Gasteiger partial charge is 0.408 e. The van der Waals surface area contributed by atoms with Gasteiger partial charge in [0.15, 0.2) is 0 Å². The van der Waals surface area contributed by atoms with E-state index < -0.39 is 23.1 Å². The van der Waals surface area contributed by atoms with E-state index in [4.69, 9.17) is 9.94 Å². The second-order valence-corrected chi connectivity index (χ2v) is 6.26. The Morgan fingerprint density at radius 1 is 1.29 bits per heavy atom. The number of amides is 2. The Hall–Kier alpha value is -2.08. The lowest BCUT2D eigenvalue weighted by atomic mass is 10.1. The van der Waals surface area contributed by atoms with Crippen LogP contribution in [0.3, 0.4) is 0 Å². The monoisotopic (exact) mass is 292 g/mol. The molecule has 1 aromatic carbocycles. The summed E-state index contributed by atoms with van der Waals surface area (Å²) in [7, 11) is 0. The highest BCUT2D eigenvalue weighted by Gasteiger charge is 2.64. The Morgan fingerprint density at radius 2 is 1.90 bits per heavy atom. The number of hydrogen-bond acceptors (Lipinski definition) is 4. The van der Waals surface area contributed by atoms with Crippen molar-refractivity contribution < 1.29 is 19.5 Å². The first-order valence-corrected chi connectivity index (χ1v) is 6.79. The molecule has 6 nitrogen and oxygen atoms in total. The molecule has 114 valence electrons. The standard InChI is InChI=1S/C15H20N2O4/c1-14(2,3)16-13(19)21-15(12(18)17-20)9-11(15)10-7-5-4-6-8-10/h4-8,11,20H,9H2,1-3H3,(H,16,19)(H,17,18)/t11-,15+/m1/s1. The van der Waals surface area contributed by atoms with Gasteiger partial charge in [-0.3, -0.25) is 10.0 Å². The van der Waals surface area contributed by atoms with E-state index in [2.05, 4.69) is 5.32 Å². The first kappa shape index (κ1) is 15.3. The average molecular weight is 292 g/mol. The summed E-state index contributed by atoms with van der Waals surface area (Å²) in [6.45, 7) is 5.44. The maximum Gasteiger partial charge on any atom is 0.408 e. The quantitative estimate of drug-likeness (QED) is 0.587. The van der Waals surface area contributed by atoms with Crippen molar-refractivity contribution >= 4 is 12.0 Å². The van der Waals surface area contributed by atoms with E-state index >= 15 is 0 Å². The van der Waals surface area contributed by atoms with Crippen molar-refractivity contribution in [1.82, 2.24) is 10.8 Å². The highest BCUT2D eigenvalue weighted by atomic mass is 16.6. The summed E-state index contributed by atoms with van der Waals surface area (Å²) in [4.78, 5) is 23.8. The predicted octanol–water partition coefficient (Wildman–Crippen LogP) is 1.94. The van der Waals surface area contributed by atoms with Gasteiger partial charge in [-0.05, 0) is 26.3 Å². The molecule has 2 rings (SSSR count). The molecule has 3 N–H and O–H groups in total. The Labute approximate surface area is 123 Å². The molecule has 1 aliphatic rings. The Morgan fingerprint density at radius 3 is 2.43 bits per heavy atom. The number of hydroxylamine groups is 1. The van der Waals surface area contributed by atoms with Crippen LogP contribution in [0.4, 0.5) is 4.79 Å². The van der Waals surface area contributed by atoms with Gasteiger partial charge in [-0.1, -0.05) is 30.3 Å². The summed E-state index contributed by atoms with van der Waals surface area (Å²) in [5.74, 6) is -0.961. The molecule has 0 radical (unpaired) electrons. The van der Waals surface area contributed by atoms with Crippen molar-refractivity contribution in [3.05, 3.63) is 35.9 Å². The summed E-state index contributed by atoms with van der Waals surface area (Å²) >= 11 is 0. The minimum absolute atomic E-state index is 0.253. The third-order valence-corrected chi connectivity index (χ3v) is 3.35. The van der Waals surface area contributed by atoms with Gasteiger partial charge in [0.05, 0.1) is 0 Å². The lowest BCUT2D eigenvalue weighted by molar-refractivity contribution is -0.140. The molecule has 0 aliphatic heterocycles. The Kier molecular flexibility index (Phi) is 3.91. The van der Waals surface area contributed by atoms with Gasteiger partial charge in [-0.2, -0.15) is 0 Å². The van der Waals surface area contributed by atoms with Gasteiger partial charge in [-0.15, -0.1) is 0 Å². The fraction of sp³-hybridized carbons (Fsp3) is 0.467. The van der Waals surface area contributed by atoms with Crippen LogP contribution in [-0.4, -0.2) is 28.3 Å². The van der Waals surface area contributed by atoms with Gasteiger partial charge in [0.25, 0.3) is 5.91 Å². The van der Waals surface area contributed by atoms with E-state index in [1.807, 2.05) is 51.1 Å². The summed E-state index contributed by atoms with van der Waals surface area (Å²) < 4.78 is 5.32. The van der Waals surface area contributed by atoms with E-state index in [-0.39, 0.29) is 5.92 Å². The summed E-state index contributed by atoms with van der Waals surface area (Å²) in [6.07, 6.45) is -0.328. The van der Waals surface area contributed by atoms with E-state index in [9.17, 15) is 9.59 Å². The van der Waals surface area contributed by atoms with Crippen LogP contribution in [0.5, 0.6) is 0 Å². The van der Waals surface area contributed by atoms with Crippen molar-refractivity contribution in [2.75, 3.05) is 0 Å². The zero-order valence-corrected chi connectivity index (χ0v) is 12.3. The lowest BCUT2D eigenvalue weighted by Gasteiger charge is -2.23. The summed E-state index contributed by atoms with van der Waals surface area (Å²) in [5.41, 5.74) is 0.676. The van der Waals surface area contributed by atoms with Crippen LogP contribution in [-0.2, 0) is 9.53 Å². The molecular formula is C15H20N2O4. The van der Waals surface area contributed by atoms with Gasteiger partial charge in [0, 0.05) is 17.9 Å². The molecule has 1 aliphatic carbocycles. The minimum Gasteiger partial charge on any atom is -0.432 e. The molecule has 1 saturated carbocycles. The number of alkyl carbamates (subject to hydrolysis) is 1. The maximum absolute atomic E-state index is 11.9. The molecule has 6 heteroatoms. The summed E-state index contributed by atoms with van der Waals surface area (Å²) in [5, 5.41) is 11.6. The van der Waals surface area contributed by atoms with E-state index in [0.29, 0.717) is 6.42 Å². The van der Waals surface area contributed by atoms with Gasteiger partial charge in [0.1, 0.15) is 0 Å². The van der Waals surface area contributed by atoms with Crippen molar-refractivity contribution in [3.8, 4) is 0 Å². The topological polar surface area (TPSA) is 87.7 Å². The predicted molar refractivity (Wildman–Crippen MR) is 75.8 cm³/mol. The van der Waals surface area contributed by atoms with Gasteiger partial charge in [-0.25, -0.2) is 10.3 Å².